The first-order chi connectivity index (χ1) is 7.70. The van der Waals surface area contributed by atoms with E-state index in [-0.39, 0.29) is 6.10 Å². The van der Waals surface area contributed by atoms with E-state index in [1.165, 1.54) is 32.1 Å². The van der Waals surface area contributed by atoms with Crippen LogP contribution in [0.4, 0.5) is 0 Å². The van der Waals surface area contributed by atoms with E-state index in [2.05, 4.69) is 17.3 Å². The summed E-state index contributed by atoms with van der Waals surface area (Å²) in [4.78, 5) is 2.58. The van der Waals surface area contributed by atoms with Crippen molar-refractivity contribution in [3.05, 3.63) is 0 Å². The van der Waals surface area contributed by atoms with E-state index in [0.29, 0.717) is 6.04 Å². The van der Waals surface area contributed by atoms with Crippen LogP contribution in [0.25, 0.3) is 0 Å². The summed E-state index contributed by atoms with van der Waals surface area (Å²) < 4.78 is 0. The van der Waals surface area contributed by atoms with Gasteiger partial charge in [0.2, 0.25) is 0 Å². The van der Waals surface area contributed by atoms with Crippen LogP contribution in [0.2, 0.25) is 0 Å². The number of nitrogens with zero attached hydrogens (tertiary/aromatic N) is 1. The minimum atomic E-state index is -0.167. The standard InChI is InChI=1S/C13H26N2O/c1-3-13(16)9-14-10-7-11-5-4-6-12(8-10)15(11)2/h10-14,16H,3-9H2,1-2H3. The first kappa shape index (κ1) is 12.3. The highest BCUT2D eigenvalue weighted by molar-refractivity contribution is 4.93. The quantitative estimate of drug-likeness (QED) is 0.760. The van der Waals surface area contributed by atoms with Crippen molar-refractivity contribution in [3.63, 3.8) is 0 Å². The summed E-state index contributed by atoms with van der Waals surface area (Å²) >= 11 is 0. The maximum Gasteiger partial charge on any atom is 0.0662 e. The van der Waals surface area contributed by atoms with Crippen LogP contribution in [0.5, 0.6) is 0 Å². The Morgan fingerprint density at radius 1 is 1.31 bits per heavy atom. The molecule has 2 aliphatic rings. The van der Waals surface area contributed by atoms with Crippen LogP contribution < -0.4 is 5.32 Å². The van der Waals surface area contributed by atoms with Gasteiger partial charge >= 0.3 is 0 Å². The van der Waals surface area contributed by atoms with Crippen molar-refractivity contribution in [3.8, 4) is 0 Å². The van der Waals surface area contributed by atoms with Gasteiger partial charge in [-0.1, -0.05) is 13.3 Å². The zero-order chi connectivity index (χ0) is 11.5. The smallest absolute Gasteiger partial charge is 0.0662 e. The molecule has 0 aromatic heterocycles. The summed E-state index contributed by atoms with van der Waals surface area (Å²) in [5, 5.41) is 13.1. The number of piperidine rings is 2. The normalized spacial score (nSPS) is 37.3. The maximum atomic E-state index is 9.57. The zero-order valence-corrected chi connectivity index (χ0v) is 10.7. The predicted molar refractivity (Wildman–Crippen MR) is 66.5 cm³/mol. The fourth-order valence-corrected chi connectivity index (χ4v) is 3.23. The topological polar surface area (TPSA) is 35.5 Å². The van der Waals surface area contributed by atoms with Crippen molar-refractivity contribution in [2.75, 3.05) is 13.6 Å². The fourth-order valence-electron chi connectivity index (χ4n) is 3.23. The Balaban J connectivity index is 1.80. The summed E-state index contributed by atoms with van der Waals surface area (Å²) in [6, 6.07) is 2.19. The van der Waals surface area contributed by atoms with E-state index in [4.69, 9.17) is 0 Å². The van der Waals surface area contributed by atoms with Crippen LogP contribution in [-0.4, -0.2) is 47.8 Å². The number of hydrogen-bond acceptors (Lipinski definition) is 3. The molecule has 0 amide bonds. The minimum Gasteiger partial charge on any atom is -0.392 e. The van der Waals surface area contributed by atoms with E-state index in [1.54, 1.807) is 0 Å². The second-order valence-corrected chi connectivity index (χ2v) is 5.54. The second kappa shape index (κ2) is 5.48. The summed E-state index contributed by atoms with van der Waals surface area (Å²) in [6.07, 6.45) is 7.35. The van der Waals surface area contributed by atoms with Gasteiger partial charge in [-0.3, -0.25) is 0 Å². The lowest BCUT2D eigenvalue weighted by molar-refractivity contribution is 0.0445. The van der Waals surface area contributed by atoms with Crippen molar-refractivity contribution >= 4 is 0 Å². The van der Waals surface area contributed by atoms with Crippen LogP contribution in [0.15, 0.2) is 0 Å². The van der Waals surface area contributed by atoms with Crippen molar-refractivity contribution < 1.29 is 5.11 Å². The average molecular weight is 226 g/mol. The van der Waals surface area contributed by atoms with E-state index < -0.39 is 0 Å². The van der Waals surface area contributed by atoms with Gasteiger partial charge in [-0.05, 0) is 39.2 Å². The van der Waals surface area contributed by atoms with E-state index in [0.717, 1.165) is 25.0 Å². The highest BCUT2D eigenvalue weighted by atomic mass is 16.3. The van der Waals surface area contributed by atoms with Crippen LogP contribution in [0, 0.1) is 0 Å². The molecule has 0 saturated carbocycles. The number of rotatable bonds is 4. The van der Waals surface area contributed by atoms with Crippen molar-refractivity contribution in [1.82, 2.24) is 10.2 Å². The Morgan fingerprint density at radius 2 is 1.94 bits per heavy atom. The third-order valence-electron chi connectivity index (χ3n) is 4.45. The molecule has 0 spiro atoms. The largest absolute Gasteiger partial charge is 0.392 e. The molecule has 2 heterocycles. The molecule has 0 aromatic rings. The summed E-state index contributed by atoms with van der Waals surface area (Å²) in [5.74, 6) is 0. The average Bonchev–Trinajstić information content (AvgIpc) is 2.26. The molecular formula is C13H26N2O. The van der Waals surface area contributed by atoms with Crippen molar-refractivity contribution in [1.29, 1.82) is 0 Å². The van der Waals surface area contributed by atoms with Crippen LogP contribution in [-0.2, 0) is 0 Å². The predicted octanol–water partition coefficient (Wildman–Crippen LogP) is 1.36. The second-order valence-electron chi connectivity index (χ2n) is 5.54. The van der Waals surface area contributed by atoms with Gasteiger partial charge in [0.05, 0.1) is 6.10 Å². The molecule has 3 atom stereocenters. The van der Waals surface area contributed by atoms with Crippen molar-refractivity contribution in [2.24, 2.45) is 0 Å². The Hall–Kier alpha value is -0.120. The number of aliphatic hydroxyl groups excluding tert-OH is 1. The number of aliphatic hydroxyl groups is 1. The molecule has 3 heteroatoms. The molecule has 16 heavy (non-hydrogen) atoms. The lowest BCUT2D eigenvalue weighted by atomic mass is 9.82. The van der Waals surface area contributed by atoms with Crippen LogP contribution >= 0.6 is 0 Å². The molecule has 2 aliphatic heterocycles. The highest BCUT2D eigenvalue weighted by Gasteiger charge is 2.35. The van der Waals surface area contributed by atoms with Gasteiger partial charge in [0, 0.05) is 24.7 Å². The Labute approximate surface area is 99.2 Å². The lowest BCUT2D eigenvalue weighted by Gasteiger charge is -2.47. The van der Waals surface area contributed by atoms with Gasteiger partial charge in [0.15, 0.2) is 0 Å². The molecule has 3 nitrogen and oxygen atoms in total. The molecule has 2 rings (SSSR count). The van der Waals surface area contributed by atoms with Gasteiger partial charge in [0.1, 0.15) is 0 Å². The molecule has 0 aromatic carbocycles. The molecule has 2 fully saturated rings. The molecule has 2 N–H and O–H groups in total. The molecule has 94 valence electrons. The zero-order valence-electron chi connectivity index (χ0n) is 10.7. The third kappa shape index (κ3) is 2.76. The highest BCUT2D eigenvalue weighted by Crippen LogP contribution is 2.32. The molecule has 0 radical (unpaired) electrons. The summed E-state index contributed by atoms with van der Waals surface area (Å²) in [6.45, 7) is 2.81. The van der Waals surface area contributed by atoms with E-state index in [9.17, 15) is 5.11 Å². The van der Waals surface area contributed by atoms with E-state index in [1.807, 2.05) is 6.92 Å². The Kier molecular flexibility index (Phi) is 4.22. The van der Waals surface area contributed by atoms with Gasteiger partial charge in [0.25, 0.3) is 0 Å². The first-order valence-electron chi connectivity index (χ1n) is 6.84. The summed E-state index contributed by atoms with van der Waals surface area (Å²) in [7, 11) is 2.28. The third-order valence-corrected chi connectivity index (χ3v) is 4.45. The van der Waals surface area contributed by atoms with Crippen LogP contribution in [0.1, 0.15) is 45.4 Å². The van der Waals surface area contributed by atoms with Gasteiger partial charge < -0.3 is 15.3 Å². The SMILES string of the molecule is CCC(O)CNC1CC2CCCC(C1)N2C. The van der Waals surface area contributed by atoms with Gasteiger partial charge in [-0.25, -0.2) is 0 Å². The summed E-state index contributed by atoms with van der Waals surface area (Å²) in [5.41, 5.74) is 0. The first-order valence-corrected chi connectivity index (χ1v) is 6.84. The van der Waals surface area contributed by atoms with Gasteiger partial charge in [-0.2, -0.15) is 0 Å². The maximum absolute atomic E-state index is 9.57. The monoisotopic (exact) mass is 226 g/mol. The van der Waals surface area contributed by atoms with Crippen molar-refractivity contribution in [2.45, 2.75) is 69.7 Å². The van der Waals surface area contributed by atoms with Gasteiger partial charge in [-0.15, -0.1) is 0 Å². The number of fused-ring (bicyclic) bond motifs is 2. The van der Waals surface area contributed by atoms with E-state index >= 15 is 0 Å². The number of nitrogens with one attached hydrogen (secondary N) is 1. The fraction of sp³-hybridized carbons (Fsp3) is 1.00. The Morgan fingerprint density at radius 3 is 2.50 bits per heavy atom. The molecule has 2 bridgehead atoms. The lowest BCUT2D eigenvalue weighted by Crippen LogP contribution is -2.55. The Bertz CT molecular complexity index is 208. The van der Waals surface area contributed by atoms with Crippen LogP contribution in [0.3, 0.4) is 0 Å². The molecule has 0 aliphatic carbocycles. The molecule has 3 unspecified atom stereocenters. The minimum absolute atomic E-state index is 0.167. The molecule has 2 saturated heterocycles. The number of hydrogen-bond donors (Lipinski definition) is 2. The molecular weight excluding hydrogens is 200 g/mol.